The number of halogens is 1. The van der Waals surface area contributed by atoms with Gasteiger partial charge in [0.1, 0.15) is 6.54 Å². The Morgan fingerprint density at radius 3 is 2.57 bits per heavy atom. The van der Waals surface area contributed by atoms with Gasteiger partial charge in [0.15, 0.2) is 0 Å². The third-order valence-corrected chi connectivity index (χ3v) is 7.47. The van der Waals surface area contributed by atoms with Crippen LogP contribution in [-0.2, 0) is 17.9 Å². The van der Waals surface area contributed by atoms with E-state index in [2.05, 4.69) is 33.7 Å². The summed E-state index contributed by atoms with van der Waals surface area (Å²) in [5.74, 6) is 1.27. The van der Waals surface area contributed by atoms with Crippen LogP contribution in [0.3, 0.4) is 0 Å². The molecule has 0 aliphatic carbocycles. The van der Waals surface area contributed by atoms with Crippen LogP contribution in [0.15, 0.2) is 35.3 Å². The van der Waals surface area contributed by atoms with E-state index in [1.165, 1.54) is 11.1 Å². The molecule has 0 unspecified atom stereocenters. The Morgan fingerprint density at radius 1 is 1.14 bits per heavy atom. The van der Waals surface area contributed by atoms with Crippen molar-refractivity contribution in [3.05, 3.63) is 62.8 Å². The highest BCUT2D eigenvalue weighted by Gasteiger charge is 2.21. The number of amides is 1. The van der Waals surface area contributed by atoms with Crippen molar-refractivity contribution >= 4 is 28.3 Å². The standard InChI is InChI=1S/C27H36ClN5O2/c1-18-12-19(2)15-31(14-18)11-7-10-29-25(34)17-33-27(35)26-21(4)32(20(3)23(26)13-30-33)16-22-8-5-6-9-24(22)28/h5-6,8-9,13,18-19H,7,10-12,14-17H2,1-4H3,(H,29,34)/t18-,19+. The fourth-order valence-corrected chi connectivity index (χ4v) is 5.68. The first-order chi connectivity index (χ1) is 16.7. The lowest BCUT2D eigenvalue weighted by molar-refractivity contribution is -0.121. The van der Waals surface area contributed by atoms with Crippen molar-refractivity contribution in [1.82, 2.24) is 24.6 Å². The second-order valence-electron chi connectivity index (χ2n) is 10.2. The van der Waals surface area contributed by atoms with Crippen molar-refractivity contribution < 1.29 is 4.79 Å². The summed E-state index contributed by atoms with van der Waals surface area (Å²) in [5, 5.41) is 9.36. The zero-order valence-electron chi connectivity index (χ0n) is 21.2. The van der Waals surface area contributed by atoms with E-state index in [0.29, 0.717) is 23.5 Å². The zero-order valence-corrected chi connectivity index (χ0v) is 21.9. The van der Waals surface area contributed by atoms with Gasteiger partial charge in [0.05, 0.1) is 11.6 Å². The third-order valence-electron chi connectivity index (χ3n) is 7.10. The molecule has 1 aromatic carbocycles. The SMILES string of the molecule is Cc1c2cnn(CC(=O)NCCCN3C[C@H](C)C[C@H](C)C3)c(=O)c2c(C)n1Cc1ccccc1Cl. The van der Waals surface area contributed by atoms with Gasteiger partial charge in [-0.15, -0.1) is 0 Å². The number of nitrogens with zero attached hydrogens (tertiary/aromatic N) is 4. The molecule has 0 saturated carbocycles. The summed E-state index contributed by atoms with van der Waals surface area (Å²) in [5.41, 5.74) is 2.55. The van der Waals surface area contributed by atoms with Crippen molar-refractivity contribution in [1.29, 1.82) is 0 Å². The number of aryl methyl sites for hydroxylation is 2. The van der Waals surface area contributed by atoms with Crippen molar-refractivity contribution in [2.75, 3.05) is 26.2 Å². The van der Waals surface area contributed by atoms with Gasteiger partial charge in [0, 0.05) is 48.0 Å². The fourth-order valence-electron chi connectivity index (χ4n) is 5.49. The lowest BCUT2D eigenvalue weighted by atomic mass is 9.92. The van der Waals surface area contributed by atoms with Crippen LogP contribution in [0, 0.1) is 25.7 Å². The maximum absolute atomic E-state index is 13.2. The lowest BCUT2D eigenvalue weighted by Crippen LogP contribution is -2.40. The number of benzene rings is 1. The summed E-state index contributed by atoms with van der Waals surface area (Å²) in [6.07, 6.45) is 3.88. The van der Waals surface area contributed by atoms with Crippen LogP contribution >= 0.6 is 11.6 Å². The van der Waals surface area contributed by atoms with Gasteiger partial charge >= 0.3 is 0 Å². The molecule has 2 atom stereocenters. The van der Waals surface area contributed by atoms with E-state index in [0.717, 1.165) is 60.2 Å². The minimum absolute atomic E-state index is 0.0826. The quantitative estimate of drug-likeness (QED) is 0.477. The van der Waals surface area contributed by atoms with Crippen LogP contribution in [0.2, 0.25) is 5.02 Å². The average molecular weight is 498 g/mol. The molecule has 1 N–H and O–H groups in total. The molecule has 1 saturated heterocycles. The van der Waals surface area contributed by atoms with E-state index in [-0.39, 0.29) is 18.0 Å². The smallest absolute Gasteiger partial charge is 0.276 e. The number of aromatic nitrogens is 3. The number of rotatable bonds is 8. The maximum atomic E-state index is 13.2. The Morgan fingerprint density at radius 2 is 1.86 bits per heavy atom. The van der Waals surface area contributed by atoms with Gasteiger partial charge in [-0.2, -0.15) is 5.10 Å². The van der Waals surface area contributed by atoms with Crippen molar-refractivity contribution in [2.24, 2.45) is 11.8 Å². The largest absolute Gasteiger partial charge is 0.354 e. The van der Waals surface area contributed by atoms with Gasteiger partial charge in [0.25, 0.3) is 5.56 Å². The minimum Gasteiger partial charge on any atom is -0.354 e. The number of likely N-dealkylation sites (tertiary alicyclic amines) is 1. The molecule has 0 bridgehead atoms. The molecular formula is C27H36ClN5O2. The Kier molecular flexibility index (Phi) is 7.97. The monoisotopic (exact) mass is 497 g/mol. The number of carbonyl (C=O) groups is 1. The maximum Gasteiger partial charge on any atom is 0.276 e. The third kappa shape index (κ3) is 5.78. The number of carbonyl (C=O) groups excluding carboxylic acids is 1. The van der Waals surface area contributed by atoms with E-state index < -0.39 is 0 Å². The molecule has 3 heterocycles. The fraction of sp³-hybridized carbons (Fsp3) is 0.519. The molecular weight excluding hydrogens is 462 g/mol. The van der Waals surface area contributed by atoms with Gasteiger partial charge in [0.2, 0.25) is 5.91 Å². The van der Waals surface area contributed by atoms with Crippen LogP contribution in [0.5, 0.6) is 0 Å². The van der Waals surface area contributed by atoms with Gasteiger partial charge in [-0.05, 0) is 56.7 Å². The highest BCUT2D eigenvalue weighted by molar-refractivity contribution is 6.31. The van der Waals surface area contributed by atoms with Crippen LogP contribution in [0.25, 0.3) is 10.8 Å². The van der Waals surface area contributed by atoms with Crippen LogP contribution in [0.4, 0.5) is 0 Å². The first-order valence-electron chi connectivity index (χ1n) is 12.5. The topological polar surface area (TPSA) is 72.2 Å². The molecule has 1 amide bonds. The average Bonchev–Trinajstić information content (AvgIpc) is 3.04. The van der Waals surface area contributed by atoms with E-state index in [1.54, 1.807) is 6.20 Å². The second kappa shape index (κ2) is 11.0. The van der Waals surface area contributed by atoms with Gasteiger partial charge < -0.3 is 14.8 Å². The second-order valence-corrected chi connectivity index (χ2v) is 10.6. The normalized spacial score (nSPS) is 18.8. The predicted octanol–water partition coefficient (Wildman–Crippen LogP) is 4.00. The zero-order chi connectivity index (χ0) is 25.1. The summed E-state index contributed by atoms with van der Waals surface area (Å²) < 4.78 is 3.35. The Labute approximate surface area is 212 Å². The Hall–Kier alpha value is -2.64. The number of nitrogens with one attached hydrogen (secondary N) is 1. The molecule has 0 radical (unpaired) electrons. The predicted molar refractivity (Wildman–Crippen MR) is 141 cm³/mol. The van der Waals surface area contributed by atoms with Crippen LogP contribution in [-0.4, -0.2) is 51.3 Å². The molecule has 1 aliphatic heterocycles. The molecule has 4 rings (SSSR count). The van der Waals surface area contributed by atoms with E-state index in [9.17, 15) is 9.59 Å². The summed E-state index contributed by atoms with van der Waals surface area (Å²) in [6.45, 7) is 12.9. The van der Waals surface area contributed by atoms with Crippen LogP contribution in [0.1, 0.15) is 43.6 Å². The van der Waals surface area contributed by atoms with E-state index in [1.807, 2.05) is 38.1 Å². The molecule has 35 heavy (non-hydrogen) atoms. The number of piperidine rings is 1. The summed E-state index contributed by atoms with van der Waals surface area (Å²) >= 11 is 6.36. The summed E-state index contributed by atoms with van der Waals surface area (Å²) in [7, 11) is 0. The highest BCUT2D eigenvalue weighted by atomic mass is 35.5. The van der Waals surface area contributed by atoms with Gasteiger partial charge in [-0.3, -0.25) is 9.59 Å². The summed E-state index contributed by atoms with van der Waals surface area (Å²) in [4.78, 5) is 28.3. The Balaban J connectivity index is 1.40. The molecule has 188 valence electrons. The van der Waals surface area contributed by atoms with Crippen molar-refractivity contribution in [2.45, 2.75) is 53.6 Å². The van der Waals surface area contributed by atoms with Gasteiger partial charge in [-0.25, -0.2) is 4.68 Å². The molecule has 1 aliphatic rings. The number of hydrogen-bond acceptors (Lipinski definition) is 4. The van der Waals surface area contributed by atoms with Gasteiger partial charge in [-0.1, -0.05) is 43.6 Å². The number of fused-ring (bicyclic) bond motifs is 1. The lowest BCUT2D eigenvalue weighted by Gasteiger charge is -2.34. The summed E-state index contributed by atoms with van der Waals surface area (Å²) in [6, 6.07) is 7.71. The van der Waals surface area contributed by atoms with E-state index in [4.69, 9.17) is 11.6 Å². The first-order valence-corrected chi connectivity index (χ1v) is 12.9. The first kappa shape index (κ1) is 25.5. The Bertz CT molecular complexity index is 1250. The molecule has 8 heteroatoms. The van der Waals surface area contributed by atoms with Crippen LogP contribution < -0.4 is 10.9 Å². The minimum atomic E-state index is -0.243. The van der Waals surface area contributed by atoms with Crippen molar-refractivity contribution in [3.63, 3.8) is 0 Å². The molecule has 1 fully saturated rings. The van der Waals surface area contributed by atoms with Crippen molar-refractivity contribution in [3.8, 4) is 0 Å². The molecule has 0 spiro atoms. The molecule has 2 aromatic heterocycles. The molecule has 3 aromatic rings. The van der Waals surface area contributed by atoms with E-state index >= 15 is 0 Å². The number of hydrogen-bond donors (Lipinski definition) is 1. The molecule has 7 nitrogen and oxygen atoms in total. The highest BCUT2D eigenvalue weighted by Crippen LogP contribution is 2.25.